The van der Waals surface area contributed by atoms with Gasteiger partial charge in [-0.05, 0) is 49.6 Å². The Morgan fingerprint density at radius 3 is 2.27 bits per heavy atom. The van der Waals surface area contributed by atoms with Gasteiger partial charge in [-0.3, -0.25) is 0 Å². The minimum absolute atomic E-state index is 0.197. The number of hydrogen-bond acceptors (Lipinski definition) is 0. The summed E-state index contributed by atoms with van der Waals surface area (Å²) in [5, 5.41) is 0.532. The van der Waals surface area contributed by atoms with Gasteiger partial charge in [0.2, 0.25) is 0 Å². The van der Waals surface area contributed by atoms with Crippen LogP contribution in [0.4, 0.5) is 4.39 Å². The number of rotatable bonds is 1. The first-order chi connectivity index (χ1) is 5.15. The highest BCUT2D eigenvalue weighted by Crippen LogP contribution is 2.26. The van der Waals surface area contributed by atoms with Gasteiger partial charge in [0.25, 0.3) is 0 Å². The van der Waals surface area contributed by atoms with Crippen molar-refractivity contribution in [3.8, 4) is 0 Å². The first-order valence-corrected chi connectivity index (χ1v) is 5.55. The fourth-order valence-electron chi connectivity index (χ4n) is 0.666. The zero-order valence-corrected chi connectivity index (χ0v) is 10.1. The van der Waals surface area contributed by atoms with Gasteiger partial charge in [0.15, 0.2) is 0 Å². The van der Waals surface area contributed by atoms with Gasteiger partial charge in [0, 0.05) is 14.3 Å². The predicted molar refractivity (Wildman–Crippen MR) is 54.4 cm³/mol. The van der Waals surface area contributed by atoms with Crippen LogP contribution < -0.4 is 0 Å². The van der Waals surface area contributed by atoms with Gasteiger partial charge in [-0.25, -0.2) is 4.39 Å². The maximum Gasteiger partial charge on any atom is 0.128 e. The van der Waals surface area contributed by atoms with Crippen molar-refractivity contribution in [2.24, 2.45) is 0 Å². The molecule has 0 N–H and O–H groups in total. The third-order valence-electron chi connectivity index (χ3n) is 1.23. The molecule has 11 heavy (non-hydrogen) atoms. The average Bonchev–Trinajstić information content (AvgIpc) is 1.97. The van der Waals surface area contributed by atoms with Crippen LogP contribution in [-0.4, -0.2) is 0 Å². The van der Waals surface area contributed by atoms with Crippen molar-refractivity contribution in [1.29, 1.82) is 0 Å². The van der Waals surface area contributed by atoms with Crippen molar-refractivity contribution in [2.75, 3.05) is 0 Å². The summed E-state index contributed by atoms with van der Waals surface area (Å²) in [6, 6.07) is 3.19. The zero-order chi connectivity index (χ0) is 8.43. The minimum atomic E-state index is -0.197. The topological polar surface area (TPSA) is 0 Å². The van der Waals surface area contributed by atoms with Gasteiger partial charge in [-0.2, -0.15) is 0 Å². The molecule has 0 aliphatic heterocycles. The molecule has 0 bridgehead atoms. The summed E-state index contributed by atoms with van der Waals surface area (Å²) in [5.41, 5.74) is 0.653. The Morgan fingerprint density at radius 2 is 1.73 bits per heavy atom. The van der Waals surface area contributed by atoms with Crippen molar-refractivity contribution in [3.63, 3.8) is 0 Å². The van der Waals surface area contributed by atoms with E-state index in [9.17, 15) is 4.39 Å². The lowest BCUT2D eigenvalue weighted by Crippen LogP contribution is -1.85. The molecule has 0 nitrogen and oxygen atoms in total. The van der Waals surface area contributed by atoms with Gasteiger partial charge in [0.1, 0.15) is 5.82 Å². The zero-order valence-electron chi connectivity index (χ0n) is 5.37. The molecule has 60 valence electrons. The summed E-state index contributed by atoms with van der Waals surface area (Å²) >= 11 is 9.68. The van der Waals surface area contributed by atoms with E-state index < -0.39 is 0 Å². The smallest absolute Gasteiger partial charge is 0.128 e. The molecule has 1 aromatic carbocycles. The Bertz CT molecular complexity index is 273. The van der Waals surface area contributed by atoms with Crippen LogP contribution in [0.3, 0.4) is 0 Å². The van der Waals surface area contributed by atoms with Crippen molar-refractivity contribution in [1.82, 2.24) is 0 Å². The van der Waals surface area contributed by atoms with Crippen LogP contribution in [0.25, 0.3) is 0 Å². The molecule has 0 heterocycles. The second kappa shape index (κ2) is 4.01. The van der Waals surface area contributed by atoms with Crippen LogP contribution in [0.15, 0.2) is 21.1 Å². The van der Waals surface area contributed by atoms with E-state index >= 15 is 0 Å². The Kier molecular flexibility index (Phi) is 3.52. The lowest BCUT2D eigenvalue weighted by Gasteiger charge is -2.00. The highest BCUT2D eigenvalue weighted by Gasteiger charge is 2.04. The molecule has 1 aromatic rings. The van der Waals surface area contributed by atoms with Crippen LogP contribution in [-0.2, 0) is 5.33 Å². The van der Waals surface area contributed by atoms with E-state index in [-0.39, 0.29) is 5.82 Å². The summed E-state index contributed by atoms with van der Waals surface area (Å²) in [4.78, 5) is 0. The third-order valence-corrected chi connectivity index (χ3v) is 3.68. The van der Waals surface area contributed by atoms with Crippen molar-refractivity contribution in [3.05, 3.63) is 32.5 Å². The fourth-order valence-corrected chi connectivity index (χ4v) is 1.80. The summed E-state index contributed by atoms with van der Waals surface area (Å²) in [5.74, 6) is -0.197. The highest BCUT2D eigenvalue weighted by molar-refractivity contribution is 9.13. The van der Waals surface area contributed by atoms with Gasteiger partial charge in [-0.15, -0.1) is 0 Å². The standard InChI is InChI=1S/C7H4Br3F/c8-3-4-1-5(9)6(10)2-7(4)11/h1-2H,3H2. The lowest BCUT2D eigenvalue weighted by atomic mass is 10.2. The monoisotopic (exact) mass is 344 g/mol. The van der Waals surface area contributed by atoms with E-state index in [2.05, 4.69) is 47.8 Å². The summed E-state index contributed by atoms with van der Waals surface area (Å²) in [6.07, 6.45) is 0. The lowest BCUT2D eigenvalue weighted by molar-refractivity contribution is 0.616. The van der Waals surface area contributed by atoms with Crippen LogP contribution in [0.5, 0.6) is 0 Å². The predicted octanol–water partition coefficient (Wildman–Crippen LogP) is 4.25. The maximum absolute atomic E-state index is 12.9. The quantitative estimate of drug-likeness (QED) is 0.527. The summed E-state index contributed by atoms with van der Waals surface area (Å²) in [7, 11) is 0. The van der Waals surface area contributed by atoms with Gasteiger partial charge < -0.3 is 0 Å². The second-order valence-electron chi connectivity index (χ2n) is 1.99. The number of benzene rings is 1. The molecule has 0 saturated carbocycles. The van der Waals surface area contributed by atoms with E-state index in [1.807, 2.05) is 0 Å². The molecule has 0 spiro atoms. The Labute approximate surface area is 89.6 Å². The van der Waals surface area contributed by atoms with Crippen LogP contribution >= 0.6 is 47.8 Å². The van der Waals surface area contributed by atoms with E-state index in [1.165, 1.54) is 6.07 Å². The molecule has 0 aromatic heterocycles. The van der Waals surface area contributed by atoms with Crippen molar-refractivity contribution in [2.45, 2.75) is 5.33 Å². The third kappa shape index (κ3) is 2.26. The first kappa shape index (κ1) is 9.68. The molecule has 4 heteroatoms. The number of alkyl halides is 1. The van der Waals surface area contributed by atoms with Gasteiger partial charge in [-0.1, -0.05) is 15.9 Å². The number of hydrogen-bond donors (Lipinski definition) is 0. The maximum atomic E-state index is 12.9. The molecular weight excluding hydrogens is 343 g/mol. The molecule has 0 amide bonds. The minimum Gasteiger partial charge on any atom is -0.207 e. The van der Waals surface area contributed by atoms with Gasteiger partial charge in [0.05, 0.1) is 0 Å². The molecule has 0 unspecified atom stereocenters. The van der Waals surface area contributed by atoms with E-state index in [0.29, 0.717) is 10.9 Å². The molecule has 0 aliphatic carbocycles. The molecule has 0 radical (unpaired) electrons. The molecule has 0 saturated heterocycles. The first-order valence-electron chi connectivity index (χ1n) is 2.84. The largest absolute Gasteiger partial charge is 0.207 e. The molecular formula is C7H4Br3F. The van der Waals surface area contributed by atoms with Crippen LogP contribution in [0.2, 0.25) is 0 Å². The van der Waals surface area contributed by atoms with Crippen LogP contribution in [0, 0.1) is 5.82 Å². The van der Waals surface area contributed by atoms with E-state index in [4.69, 9.17) is 0 Å². The van der Waals surface area contributed by atoms with Crippen molar-refractivity contribution < 1.29 is 4.39 Å². The van der Waals surface area contributed by atoms with Crippen molar-refractivity contribution >= 4 is 47.8 Å². The SMILES string of the molecule is Fc1cc(Br)c(Br)cc1CBr. The number of halogens is 4. The average molecular weight is 347 g/mol. The highest BCUT2D eigenvalue weighted by atomic mass is 79.9. The van der Waals surface area contributed by atoms with Gasteiger partial charge >= 0.3 is 0 Å². The Hall–Kier alpha value is 0.590. The second-order valence-corrected chi connectivity index (χ2v) is 4.26. The summed E-state index contributed by atoms with van der Waals surface area (Å²) < 4.78 is 14.6. The van der Waals surface area contributed by atoms with E-state index in [1.54, 1.807) is 6.07 Å². The molecule has 0 atom stereocenters. The fraction of sp³-hybridized carbons (Fsp3) is 0.143. The van der Waals surface area contributed by atoms with Crippen LogP contribution in [0.1, 0.15) is 5.56 Å². The normalized spacial score (nSPS) is 10.2. The Balaban J connectivity index is 3.21. The Morgan fingerprint density at radius 1 is 1.18 bits per heavy atom. The molecule has 1 rings (SSSR count). The summed E-state index contributed by atoms with van der Waals surface area (Å²) in [6.45, 7) is 0. The van der Waals surface area contributed by atoms with E-state index in [0.717, 1.165) is 8.95 Å². The molecule has 0 fully saturated rings. The molecule has 0 aliphatic rings.